The van der Waals surface area contributed by atoms with Gasteiger partial charge in [0, 0.05) is 6.42 Å². The Labute approximate surface area is 177 Å². The molecule has 0 aliphatic carbocycles. The number of aliphatic carboxylic acids is 1. The van der Waals surface area contributed by atoms with Gasteiger partial charge in [-0.15, -0.1) is 10.2 Å². The number of aromatic nitrogens is 3. The lowest BCUT2D eigenvalue weighted by atomic mass is 10.1. The smallest absolute Gasteiger partial charge is 0.304 e. The fourth-order valence-corrected chi connectivity index (χ4v) is 4.37. The minimum atomic E-state index is -0.880. The molecule has 3 aromatic rings. The lowest BCUT2D eigenvalue weighted by Gasteiger charge is -2.22. The minimum absolute atomic E-state index is 0.0454. The van der Waals surface area contributed by atoms with Gasteiger partial charge in [0.15, 0.2) is 17.3 Å². The number of carboxylic acids is 1. The van der Waals surface area contributed by atoms with Crippen molar-refractivity contribution in [1.82, 2.24) is 14.9 Å². The molecule has 0 amide bonds. The largest absolute Gasteiger partial charge is 0.493 e. The van der Waals surface area contributed by atoms with Crippen molar-refractivity contribution < 1.29 is 19.4 Å². The number of ether oxygens (including phenoxy) is 2. The first-order valence-electron chi connectivity index (χ1n) is 9.27. The van der Waals surface area contributed by atoms with E-state index in [-0.39, 0.29) is 11.7 Å². The Morgan fingerprint density at radius 1 is 1.10 bits per heavy atom. The lowest BCUT2D eigenvalue weighted by molar-refractivity contribution is -0.136. The zero-order chi connectivity index (χ0) is 21.1. The number of benzene rings is 2. The van der Waals surface area contributed by atoms with E-state index in [1.807, 2.05) is 48.5 Å². The van der Waals surface area contributed by atoms with Crippen LogP contribution in [0.4, 0.5) is 0 Å². The predicted molar refractivity (Wildman–Crippen MR) is 113 cm³/mol. The standard InChI is InChI=1S/C21H20N4O4S/c1-28-15-9-8-13(10-16(15)29-2)11-18-22-23-21-25(18)24-20(14-6-4-3-5-7-14)17(30-21)12-19(26)27/h3-10,17H,11-12H2,1-2H3,(H,26,27). The third-order valence-corrected chi connectivity index (χ3v) is 5.82. The maximum atomic E-state index is 11.4. The van der Waals surface area contributed by atoms with Gasteiger partial charge < -0.3 is 14.6 Å². The molecule has 0 spiro atoms. The quantitative estimate of drug-likeness (QED) is 0.622. The number of fused-ring (bicyclic) bond motifs is 1. The van der Waals surface area contributed by atoms with Crippen LogP contribution in [0.5, 0.6) is 11.5 Å². The number of methoxy groups -OCH3 is 2. The van der Waals surface area contributed by atoms with Gasteiger partial charge in [0.25, 0.3) is 0 Å². The van der Waals surface area contributed by atoms with Crippen LogP contribution in [-0.2, 0) is 11.2 Å². The molecule has 0 bridgehead atoms. The van der Waals surface area contributed by atoms with Crippen LogP contribution in [0.1, 0.15) is 23.4 Å². The fraction of sp³-hybridized carbons (Fsp3) is 0.238. The van der Waals surface area contributed by atoms with Crippen molar-refractivity contribution in [1.29, 1.82) is 0 Å². The van der Waals surface area contributed by atoms with Gasteiger partial charge in [0.1, 0.15) is 0 Å². The monoisotopic (exact) mass is 424 g/mol. The number of hydrogen-bond acceptors (Lipinski definition) is 7. The summed E-state index contributed by atoms with van der Waals surface area (Å²) < 4.78 is 12.4. The maximum absolute atomic E-state index is 11.4. The van der Waals surface area contributed by atoms with Gasteiger partial charge in [-0.2, -0.15) is 9.78 Å². The fourth-order valence-electron chi connectivity index (χ4n) is 3.26. The van der Waals surface area contributed by atoms with Crippen LogP contribution < -0.4 is 9.47 Å². The van der Waals surface area contributed by atoms with Crippen LogP contribution in [0.2, 0.25) is 0 Å². The average molecular weight is 424 g/mol. The average Bonchev–Trinajstić information content (AvgIpc) is 3.14. The molecular weight excluding hydrogens is 404 g/mol. The van der Waals surface area contributed by atoms with E-state index in [1.54, 1.807) is 18.9 Å². The second-order valence-electron chi connectivity index (χ2n) is 6.63. The van der Waals surface area contributed by atoms with Gasteiger partial charge in [-0.25, -0.2) is 0 Å². The van der Waals surface area contributed by atoms with Crippen LogP contribution in [0, 0.1) is 0 Å². The molecule has 9 heteroatoms. The molecule has 0 radical (unpaired) electrons. The molecule has 1 N–H and O–H groups in total. The Bertz CT molecular complexity index is 1100. The summed E-state index contributed by atoms with van der Waals surface area (Å²) in [6.45, 7) is 0. The highest BCUT2D eigenvalue weighted by Crippen LogP contribution is 2.33. The Morgan fingerprint density at radius 2 is 1.87 bits per heavy atom. The molecule has 8 nitrogen and oxygen atoms in total. The third-order valence-electron chi connectivity index (χ3n) is 4.68. The second kappa shape index (κ2) is 8.58. The van der Waals surface area contributed by atoms with Crippen molar-refractivity contribution in [2.24, 2.45) is 5.10 Å². The van der Waals surface area contributed by atoms with E-state index in [9.17, 15) is 9.90 Å². The minimum Gasteiger partial charge on any atom is -0.493 e. The van der Waals surface area contributed by atoms with Crippen molar-refractivity contribution in [2.75, 3.05) is 14.2 Å². The van der Waals surface area contributed by atoms with Crippen molar-refractivity contribution >= 4 is 23.4 Å². The predicted octanol–water partition coefficient (Wildman–Crippen LogP) is 3.09. The molecular formula is C21H20N4O4S. The Morgan fingerprint density at radius 3 is 2.57 bits per heavy atom. The highest BCUT2D eigenvalue weighted by molar-refractivity contribution is 8.00. The summed E-state index contributed by atoms with van der Waals surface area (Å²) in [6.07, 6.45) is 0.444. The summed E-state index contributed by atoms with van der Waals surface area (Å²) in [5.41, 5.74) is 2.55. The molecule has 1 aliphatic heterocycles. The topological polar surface area (TPSA) is 98.8 Å². The Kier molecular flexibility index (Phi) is 5.71. The number of nitrogens with zero attached hydrogens (tertiary/aromatic N) is 4. The number of rotatable bonds is 7. The van der Waals surface area contributed by atoms with Crippen LogP contribution in [-0.4, -0.2) is 51.1 Å². The molecule has 2 heterocycles. The highest BCUT2D eigenvalue weighted by Gasteiger charge is 2.30. The molecule has 0 saturated heterocycles. The van der Waals surface area contributed by atoms with Crippen LogP contribution in [0.15, 0.2) is 58.8 Å². The molecule has 4 rings (SSSR count). The molecule has 2 aromatic carbocycles. The van der Waals surface area contributed by atoms with Crippen molar-refractivity contribution in [2.45, 2.75) is 23.2 Å². The number of thioether (sulfide) groups is 1. The molecule has 1 aliphatic rings. The first-order chi connectivity index (χ1) is 14.6. The zero-order valence-corrected chi connectivity index (χ0v) is 17.3. The SMILES string of the molecule is COc1ccc(Cc2nnc3n2N=C(c2ccccc2)C(CC(=O)O)S3)cc1OC. The third kappa shape index (κ3) is 4.02. The van der Waals surface area contributed by atoms with Crippen molar-refractivity contribution in [3.05, 3.63) is 65.5 Å². The first kappa shape index (κ1) is 20.0. The molecule has 1 unspecified atom stereocenters. The van der Waals surface area contributed by atoms with E-state index in [4.69, 9.17) is 14.6 Å². The number of carboxylic acid groups (broad SMARTS) is 1. The summed E-state index contributed by atoms with van der Waals surface area (Å²) in [5.74, 6) is 1.07. The normalized spacial score (nSPS) is 15.3. The lowest BCUT2D eigenvalue weighted by Crippen LogP contribution is -2.27. The van der Waals surface area contributed by atoms with Crippen molar-refractivity contribution in [3.8, 4) is 11.5 Å². The Balaban J connectivity index is 1.70. The van der Waals surface area contributed by atoms with Gasteiger partial charge in [-0.05, 0) is 23.3 Å². The van der Waals surface area contributed by atoms with E-state index < -0.39 is 5.97 Å². The number of carbonyl (C=O) groups is 1. The highest BCUT2D eigenvalue weighted by atomic mass is 32.2. The van der Waals surface area contributed by atoms with Crippen LogP contribution >= 0.6 is 11.8 Å². The van der Waals surface area contributed by atoms with Gasteiger partial charge >= 0.3 is 5.97 Å². The van der Waals surface area contributed by atoms with Gasteiger partial charge in [0.2, 0.25) is 5.16 Å². The Hall–Kier alpha value is -3.33. The van der Waals surface area contributed by atoms with Gasteiger partial charge in [-0.1, -0.05) is 48.2 Å². The van der Waals surface area contributed by atoms with Crippen molar-refractivity contribution in [3.63, 3.8) is 0 Å². The first-order valence-corrected chi connectivity index (χ1v) is 10.1. The van der Waals surface area contributed by atoms with Gasteiger partial charge in [-0.3, -0.25) is 4.79 Å². The molecule has 0 saturated carbocycles. The van der Waals surface area contributed by atoms with E-state index in [0.717, 1.165) is 11.1 Å². The molecule has 154 valence electrons. The summed E-state index contributed by atoms with van der Waals surface area (Å²) in [4.78, 5) is 11.4. The van der Waals surface area contributed by atoms with E-state index in [0.29, 0.717) is 34.6 Å². The summed E-state index contributed by atoms with van der Waals surface area (Å²) in [7, 11) is 3.19. The molecule has 0 fully saturated rings. The molecule has 1 atom stereocenters. The number of hydrogen-bond donors (Lipinski definition) is 1. The summed E-state index contributed by atoms with van der Waals surface area (Å²) in [5, 5.41) is 22.9. The van der Waals surface area contributed by atoms with E-state index in [2.05, 4.69) is 10.2 Å². The second-order valence-corrected chi connectivity index (χ2v) is 7.80. The summed E-state index contributed by atoms with van der Waals surface area (Å²) >= 11 is 1.37. The summed E-state index contributed by atoms with van der Waals surface area (Å²) in [6, 6.07) is 15.3. The molecule has 30 heavy (non-hydrogen) atoms. The zero-order valence-electron chi connectivity index (χ0n) is 16.5. The van der Waals surface area contributed by atoms with E-state index >= 15 is 0 Å². The van der Waals surface area contributed by atoms with Gasteiger partial charge in [0.05, 0.1) is 31.6 Å². The maximum Gasteiger partial charge on any atom is 0.304 e. The van der Waals surface area contributed by atoms with Crippen LogP contribution in [0.3, 0.4) is 0 Å². The van der Waals surface area contributed by atoms with Crippen LogP contribution in [0.25, 0.3) is 0 Å². The molecule has 1 aromatic heterocycles. The van der Waals surface area contributed by atoms with E-state index in [1.165, 1.54) is 11.8 Å².